The predicted octanol–water partition coefficient (Wildman–Crippen LogP) is 5.10. The van der Waals surface area contributed by atoms with E-state index in [9.17, 15) is 9.59 Å². The first kappa shape index (κ1) is 20.5. The molecule has 0 fully saturated rings. The molecule has 27 heavy (non-hydrogen) atoms. The minimum Gasteiger partial charge on any atom is -0.497 e. The van der Waals surface area contributed by atoms with Gasteiger partial charge in [-0.1, -0.05) is 26.7 Å². The fraction of sp³-hybridized carbons (Fsp3) is 0.364. The van der Waals surface area contributed by atoms with Gasteiger partial charge in [-0.15, -0.1) is 0 Å². The lowest BCUT2D eigenvalue weighted by Crippen LogP contribution is -2.22. The average Bonchev–Trinajstić information content (AvgIpc) is 2.69. The molecule has 0 heterocycles. The molecular weight excluding hydrogens is 340 g/mol. The van der Waals surface area contributed by atoms with Crippen LogP contribution >= 0.6 is 0 Å². The van der Waals surface area contributed by atoms with E-state index in [-0.39, 0.29) is 17.7 Å². The summed E-state index contributed by atoms with van der Waals surface area (Å²) in [6.07, 6.45) is 3.87. The topological polar surface area (TPSA) is 67.4 Å². The minimum absolute atomic E-state index is 0.0306. The number of ether oxygens (including phenoxy) is 1. The van der Waals surface area contributed by atoms with E-state index >= 15 is 0 Å². The van der Waals surface area contributed by atoms with E-state index in [1.807, 2.05) is 6.92 Å². The molecular formula is C22H28N2O3. The SMILES string of the molecule is CCCCC(CC)C(=O)Nc1ccc(C(=O)Nc2ccc(OC)cc2)cc1. The molecule has 2 N–H and O–H groups in total. The van der Waals surface area contributed by atoms with Crippen LogP contribution < -0.4 is 15.4 Å². The van der Waals surface area contributed by atoms with Crippen molar-refractivity contribution in [2.45, 2.75) is 39.5 Å². The van der Waals surface area contributed by atoms with Gasteiger partial charge >= 0.3 is 0 Å². The second-order valence-corrected chi connectivity index (χ2v) is 6.50. The van der Waals surface area contributed by atoms with Gasteiger partial charge in [0, 0.05) is 22.9 Å². The largest absolute Gasteiger partial charge is 0.497 e. The maximum atomic E-state index is 12.4. The van der Waals surface area contributed by atoms with Crippen molar-refractivity contribution in [3.8, 4) is 5.75 Å². The third kappa shape index (κ3) is 6.13. The smallest absolute Gasteiger partial charge is 0.255 e. The summed E-state index contributed by atoms with van der Waals surface area (Å²) in [5.41, 5.74) is 1.93. The molecule has 0 radical (unpaired) electrons. The summed E-state index contributed by atoms with van der Waals surface area (Å²) in [5.74, 6) is 0.606. The summed E-state index contributed by atoms with van der Waals surface area (Å²) < 4.78 is 5.10. The van der Waals surface area contributed by atoms with Gasteiger partial charge in [-0.25, -0.2) is 0 Å². The number of carbonyl (C=O) groups excluding carboxylic acids is 2. The molecule has 2 aromatic rings. The average molecular weight is 368 g/mol. The number of hydrogen-bond donors (Lipinski definition) is 2. The Morgan fingerprint density at radius 1 is 0.926 bits per heavy atom. The maximum absolute atomic E-state index is 12.4. The Labute approximate surface area is 161 Å². The normalized spacial score (nSPS) is 11.5. The van der Waals surface area contributed by atoms with Crippen LogP contribution in [0.25, 0.3) is 0 Å². The Bertz CT molecular complexity index is 739. The van der Waals surface area contributed by atoms with Crippen molar-refractivity contribution in [2.24, 2.45) is 5.92 Å². The summed E-state index contributed by atoms with van der Waals surface area (Å²) in [6, 6.07) is 14.1. The maximum Gasteiger partial charge on any atom is 0.255 e. The first-order valence-corrected chi connectivity index (χ1v) is 9.43. The molecule has 0 bridgehead atoms. The highest BCUT2D eigenvalue weighted by Crippen LogP contribution is 2.18. The fourth-order valence-electron chi connectivity index (χ4n) is 2.80. The molecule has 0 aromatic heterocycles. The zero-order valence-corrected chi connectivity index (χ0v) is 16.2. The van der Waals surface area contributed by atoms with Crippen LogP contribution in [-0.4, -0.2) is 18.9 Å². The summed E-state index contributed by atoms with van der Waals surface area (Å²) in [4.78, 5) is 24.7. The van der Waals surface area contributed by atoms with Gasteiger partial charge in [-0.2, -0.15) is 0 Å². The van der Waals surface area contributed by atoms with E-state index in [0.29, 0.717) is 16.9 Å². The molecule has 0 spiro atoms. The number of amides is 2. The molecule has 2 rings (SSSR count). The van der Waals surface area contributed by atoms with Crippen molar-refractivity contribution in [2.75, 3.05) is 17.7 Å². The van der Waals surface area contributed by atoms with Crippen molar-refractivity contribution in [1.82, 2.24) is 0 Å². The van der Waals surface area contributed by atoms with Gasteiger partial charge in [0.15, 0.2) is 0 Å². The molecule has 5 heteroatoms. The lowest BCUT2D eigenvalue weighted by atomic mass is 9.98. The molecule has 144 valence electrons. The summed E-state index contributed by atoms with van der Waals surface area (Å²) >= 11 is 0. The van der Waals surface area contributed by atoms with Gasteiger partial charge < -0.3 is 15.4 Å². The van der Waals surface area contributed by atoms with E-state index in [1.165, 1.54) is 0 Å². The second kappa shape index (κ2) is 10.4. The number of hydrogen-bond acceptors (Lipinski definition) is 3. The van der Waals surface area contributed by atoms with E-state index in [4.69, 9.17) is 4.74 Å². The molecule has 1 atom stereocenters. The van der Waals surface area contributed by atoms with E-state index in [2.05, 4.69) is 17.6 Å². The van der Waals surface area contributed by atoms with Crippen LogP contribution in [0.4, 0.5) is 11.4 Å². The van der Waals surface area contributed by atoms with E-state index in [1.54, 1.807) is 55.6 Å². The minimum atomic E-state index is -0.201. The first-order chi connectivity index (χ1) is 13.1. The Morgan fingerprint density at radius 2 is 1.52 bits per heavy atom. The highest BCUT2D eigenvalue weighted by Gasteiger charge is 2.16. The molecule has 1 unspecified atom stereocenters. The fourth-order valence-corrected chi connectivity index (χ4v) is 2.80. The molecule has 0 aliphatic heterocycles. The van der Waals surface area contributed by atoms with Crippen molar-refractivity contribution in [1.29, 1.82) is 0 Å². The Morgan fingerprint density at radius 3 is 2.07 bits per heavy atom. The molecule has 0 aliphatic carbocycles. The van der Waals surface area contributed by atoms with Gasteiger partial charge in [-0.3, -0.25) is 9.59 Å². The van der Waals surface area contributed by atoms with E-state index < -0.39 is 0 Å². The lowest BCUT2D eigenvalue weighted by molar-refractivity contribution is -0.120. The number of unbranched alkanes of at least 4 members (excludes halogenated alkanes) is 1. The van der Waals surface area contributed by atoms with Gasteiger partial charge in [0.1, 0.15) is 5.75 Å². The second-order valence-electron chi connectivity index (χ2n) is 6.50. The van der Waals surface area contributed by atoms with Gasteiger partial charge in [0.05, 0.1) is 7.11 Å². The number of carbonyl (C=O) groups is 2. The van der Waals surface area contributed by atoms with Crippen LogP contribution in [0.5, 0.6) is 5.75 Å². The zero-order valence-electron chi connectivity index (χ0n) is 16.2. The van der Waals surface area contributed by atoms with Crippen LogP contribution in [0.1, 0.15) is 49.9 Å². The van der Waals surface area contributed by atoms with Crippen molar-refractivity contribution < 1.29 is 14.3 Å². The highest BCUT2D eigenvalue weighted by molar-refractivity contribution is 6.04. The van der Waals surface area contributed by atoms with E-state index in [0.717, 1.165) is 31.4 Å². The predicted molar refractivity (Wildman–Crippen MR) is 109 cm³/mol. The molecule has 5 nitrogen and oxygen atoms in total. The van der Waals surface area contributed by atoms with Crippen LogP contribution in [0.2, 0.25) is 0 Å². The third-order valence-electron chi connectivity index (χ3n) is 4.53. The van der Waals surface area contributed by atoms with Crippen LogP contribution in [0, 0.1) is 5.92 Å². The standard InChI is InChI=1S/C22H28N2O3/c1-4-6-7-16(5-2)21(25)23-18-10-8-17(9-11-18)22(26)24-19-12-14-20(27-3)15-13-19/h8-16H,4-7H2,1-3H3,(H,23,25)(H,24,26). The Kier molecular flexibility index (Phi) is 7.86. The van der Waals surface area contributed by atoms with Crippen LogP contribution in [-0.2, 0) is 4.79 Å². The Balaban J connectivity index is 1.95. The molecule has 0 saturated carbocycles. The summed E-state index contributed by atoms with van der Waals surface area (Å²) in [6.45, 7) is 4.16. The monoisotopic (exact) mass is 368 g/mol. The van der Waals surface area contributed by atoms with Gasteiger partial charge in [-0.05, 0) is 61.4 Å². The van der Waals surface area contributed by atoms with Gasteiger partial charge in [0.25, 0.3) is 5.91 Å². The molecule has 2 aromatic carbocycles. The lowest BCUT2D eigenvalue weighted by Gasteiger charge is -2.14. The Hall–Kier alpha value is -2.82. The number of benzene rings is 2. The molecule has 0 aliphatic rings. The van der Waals surface area contributed by atoms with Crippen LogP contribution in [0.3, 0.4) is 0 Å². The number of anilines is 2. The quantitative estimate of drug-likeness (QED) is 0.647. The summed E-state index contributed by atoms with van der Waals surface area (Å²) in [5, 5.41) is 5.78. The summed E-state index contributed by atoms with van der Waals surface area (Å²) in [7, 11) is 1.60. The third-order valence-corrected chi connectivity index (χ3v) is 4.53. The highest BCUT2D eigenvalue weighted by atomic mass is 16.5. The number of nitrogens with one attached hydrogen (secondary N) is 2. The number of methoxy groups -OCH3 is 1. The zero-order chi connectivity index (χ0) is 19.6. The van der Waals surface area contributed by atoms with Gasteiger partial charge in [0.2, 0.25) is 5.91 Å². The first-order valence-electron chi connectivity index (χ1n) is 9.43. The molecule has 0 saturated heterocycles. The van der Waals surface area contributed by atoms with Crippen molar-refractivity contribution in [3.63, 3.8) is 0 Å². The number of rotatable bonds is 9. The van der Waals surface area contributed by atoms with Crippen molar-refractivity contribution >= 4 is 23.2 Å². The van der Waals surface area contributed by atoms with Crippen LogP contribution in [0.15, 0.2) is 48.5 Å². The molecule has 2 amide bonds. The van der Waals surface area contributed by atoms with Crippen molar-refractivity contribution in [3.05, 3.63) is 54.1 Å².